The molecule has 0 radical (unpaired) electrons. The van der Waals surface area contributed by atoms with E-state index in [1.807, 2.05) is 9.80 Å². The van der Waals surface area contributed by atoms with Gasteiger partial charge in [-0.25, -0.2) is 24.8 Å². The molecule has 0 aromatic carbocycles. The van der Waals surface area contributed by atoms with E-state index in [1.54, 1.807) is 110 Å². The van der Waals surface area contributed by atoms with Crippen molar-refractivity contribution in [3.05, 3.63) is 12.3 Å². The van der Waals surface area contributed by atoms with Gasteiger partial charge in [0.2, 0.25) is 27.2 Å². The highest BCUT2D eigenvalue weighted by atomic mass is 31.2. The Labute approximate surface area is 453 Å². The molecule has 0 aromatic heterocycles. The number of rotatable bonds is 25. The van der Waals surface area contributed by atoms with Crippen LogP contribution in [0.3, 0.4) is 0 Å². The fourth-order valence-electron chi connectivity index (χ4n) is 5.56. The number of carbonyl (C=O) groups is 6. The van der Waals surface area contributed by atoms with Gasteiger partial charge in [0.1, 0.15) is 55.4 Å². The van der Waals surface area contributed by atoms with Gasteiger partial charge in [0.15, 0.2) is 12.3 Å². The summed E-state index contributed by atoms with van der Waals surface area (Å²) in [4.78, 5) is 95.6. The van der Waals surface area contributed by atoms with Gasteiger partial charge in [-0.2, -0.15) is 0 Å². The zero-order valence-corrected chi connectivity index (χ0v) is 48.3. The molecular weight excluding hydrogens is 1070 g/mol. The predicted molar refractivity (Wildman–Crippen MR) is 282 cm³/mol. The summed E-state index contributed by atoms with van der Waals surface area (Å²) in [5.74, 6) is -2.58. The minimum atomic E-state index is -3.97. The lowest BCUT2D eigenvalue weighted by molar-refractivity contribution is -0.164. The fraction of sp³-hybridized carbons (Fsp3) is 0.696. The van der Waals surface area contributed by atoms with Gasteiger partial charge in [-0.15, -0.1) is 0 Å². The van der Waals surface area contributed by atoms with Crippen LogP contribution < -0.4 is 11.5 Å². The maximum atomic E-state index is 13.2. The number of carbonyl (C=O) groups excluding carboxylic acids is 5. The molecule has 6 atom stereocenters. The number of hydrogen-bond donors (Lipinski definition) is 3. The standard InChI is InChI=1S/2C21H36N5O8P.C4H4O4/c2*1-14(8-26-10-25-15-16(22)23-9-24-17(15)26)32-13-35(29,33-11-30-18(27)20(2,3)4)34-12-31-19(28)21(5,6)7;5-3-8-2-1-4(6)7/h2*9-10,14-15,17H,8,11-13H2,1-7H3,(H2,22,23,24);1-3H,(H,6,7)/b;;2-1+/t2*14-,15?,17?;/m11./s1. The van der Waals surface area contributed by atoms with Gasteiger partial charge >= 0.3 is 45.0 Å². The summed E-state index contributed by atoms with van der Waals surface area (Å²) in [7, 11) is -7.94. The van der Waals surface area contributed by atoms with Gasteiger partial charge in [-0.3, -0.25) is 61.2 Å². The smallest absolute Gasteiger partial charge is 0.361 e. The van der Waals surface area contributed by atoms with Gasteiger partial charge < -0.3 is 59.5 Å². The van der Waals surface area contributed by atoms with E-state index in [4.69, 9.17) is 63.1 Å². The number of aliphatic imine (C=N–C) groups is 6. The summed E-state index contributed by atoms with van der Waals surface area (Å²) < 4.78 is 83.0. The Morgan fingerprint density at radius 1 is 0.590 bits per heavy atom. The van der Waals surface area contributed by atoms with Crippen molar-refractivity contribution < 1.29 is 94.3 Å². The van der Waals surface area contributed by atoms with Crippen molar-refractivity contribution in [2.45, 2.75) is 134 Å². The first-order valence-corrected chi connectivity index (χ1v) is 27.4. The van der Waals surface area contributed by atoms with Crippen LogP contribution in [0.5, 0.6) is 0 Å². The molecule has 0 aliphatic carbocycles. The van der Waals surface area contributed by atoms with Crippen LogP contribution >= 0.6 is 15.2 Å². The molecule has 0 fully saturated rings. The number of fused-ring (bicyclic) bond motifs is 2. The van der Waals surface area contributed by atoms with E-state index in [2.05, 4.69) is 34.7 Å². The number of hydrogen-bond acceptors (Lipinski definition) is 29. The van der Waals surface area contributed by atoms with E-state index >= 15 is 0 Å². The van der Waals surface area contributed by atoms with Crippen LogP contribution in [-0.4, -0.2) is 178 Å². The summed E-state index contributed by atoms with van der Waals surface area (Å²) in [5.41, 5.74) is 8.64. The van der Waals surface area contributed by atoms with Crippen molar-refractivity contribution in [1.29, 1.82) is 0 Å². The zero-order valence-electron chi connectivity index (χ0n) is 46.5. The number of nitrogens with two attached hydrogens (primary N) is 2. The Bertz CT molecular complexity index is 2150. The summed E-state index contributed by atoms with van der Waals surface area (Å²) in [6.07, 6.45) is 5.00. The number of carboxylic acids is 1. The molecule has 78 heavy (non-hydrogen) atoms. The van der Waals surface area contributed by atoms with E-state index < -0.39 is 119 Å². The molecule has 0 saturated heterocycles. The topological polar surface area (TPSA) is 391 Å². The average Bonchev–Trinajstić information content (AvgIpc) is 3.94. The Hall–Kier alpha value is -6.00. The van der Waals surface area contributed by atoms with E-state index in [9.17, 15) is 37.9 Å². The van der Waals surface area contributed by atoms with Gasteiger partial charge in [0.25, 0.3) is 6.47 Å². The predicted octanol–water partition coefficient (Wildman–Crippen LogP) is 3.97. The first-order chi connectivity index (χ1) is 36.0. The molecule has 4 heterocycles. The molecule has 4 unspecified atom stereocenters. The lowest BCUT2D eigenvalue weighted by Gasteiger charge is -2.28. The molecule has 4 aliphatic heterocycles. The van der Waals surface area contributed by atoms with Crippen molar-refractivity contribution >= 4 is 88.5 Å². The SMILES string of the molecule is C[C@H](CN1C=NC2C(N)=NC=NC21)OCP(=O)(OCOC(=O)C(C)(C)C)OCOC(=O)C(C)(C)C.C[C@H](CN1C=NC2C(N)=NC=NC21)OCP(=O)(OCOC(=O)C(C)(C)C)OCOC(=O)C(C)(C)C.O=CO/C=C/C(=O)O. The van der Waals surface area contributed by atoms with Gasteiger partial charge in [-0.1, -0.05) is 0 Å². The van der Waals surface area contributed by atoms with Crippen LogP contribution in [-0.2, 0) is 89.2 Å². The molecule has 0 amide bonds. The second-order valence-electron chi connectivity index (χ2n) is 21.3. The van der Waals surface area contributed by atoms with Crippen LogP contribution in [0.4, 0.5) is 0 Å². The Morgan fingerprint density at radius 2 is 0.897 bits per heavy atom. The van der Waals surface area contributed by atoms with E-state index in [0.717, 1.165) is 6.26 Å². The number of nitrogens with zero attached hydrogens (tertiary/aromatic N) is 8. The minimum absolute atomic E-state index is 0.138. The number of esters is 4. The number of aliphatic carboxylic acids is 1. The first-order valence-electron chi connectivity index (χ1n) is 24.0. The normalized spacial score (nSPS) is 19.7. The molecule has 30 nitrogen and oxygen atoms in total. The summed E-state index contributed by atoms with van der Waals surface area (Å²) in [6, 6.07) is -0.722. The van der Waals surface area contributed by atoms with Crippen molar-refractivity contribution in [3.8, 4) is 0 Å². The molecule has 4 aliphatic rings. The maximum absolute atomic E-state index is 13.2. The van der Waals surface area contributed by atoms with Crippen molar-refractivity contribution in [1.82, 2.24) is 9.80 Å². The number of carboxylic acid groups (broad SMARTS) is 1. The van der Waals surface area contributed by atoms with Crippen molar-refractivity contribution in [2.75, 3.05) is 53.0 Å². The molecule has 0 bridgehead atoms. The zero-order chi connectivity index (χ0) is 59.3. The quantitative estimate of drug-likeness (QED) is 0.0221. The van der Waals surface area contributed by atoms with E-state index in [1.165, 1.54) is 12.7 Å². The van der Waals surface area contributed by atoms with Crippen LogP contribution in [0.2, 0.25) is 0 Å². The average molecular weight is 1150 g/mol. The molecule has 440 valence electrons. The van der Waals surface area contributed by atoms with Crippen molar-refractivity contribution in [3.63, 3.8) is 0 Å². The molecule has 0 saturated carbocycles. The molecule has 0 spiro atoms. The summed E-state index contributed by atoms with van der Waals surface area (Å²) >= 11 is 0. The third-order valence-corrected chi connectivity index (χ3v) is 12.9. The monoisotopic (exact) mass is 1150 g/mol. The second kappa shape index (κ2) is 30.4. The van der Waals surface area contributed by atoms with Crippen LogP contribution in [0.25, 0.3) is 0 Å². The molecule has 5 N–H and O–H groups in total. The fourth-order valence-corrected chi connectivity index (χ4v) is 7.73. The molecule has 0 aromatic rings. The minimum Gasteiger partial charge on any atom is -0.478 e. The Balaban J connectivity index is 0.000000467. The van der Waals surface area contributed by atoms with Crippen LogP contribution in [0.15, 0.2) is 42.3 Å². The molecule has 4 rings (SSSR count). The first kappa shape index (κ1) is 68.1. The summed E-state index contributed by atoms with van der Waals surface area (Å²) in [5, 5.41) is 7.86. The van der Waals surface area contributed by atoms with Gasteiger partial charge in [-0.05, 0) is 96.9 Å². The Kier molecular flexibility index (Phi) is 26.5. The van der Waals surface area contributed by atoms with E-state index in [-0.39, 0.29) is 30.9 Å². The van der Waals surface area contributed by atoms with Crippen molar-refractivity contribution in [2.24, 2.45) is 63.1 Å². The second-order valence-corrected chi connectivity index (χ2v) is 25.3. The largest absolute Gasteiger partial charge is 0.478 e. The lowest BCUT2D eigenvalue weighted by Crippen LogP contribution is -2.46. The highest BCUT2D eigenvalue weighted by molar-refractivity contribution is 7.53. The lowest BCUT2D eigenvalue weighted by atomic mass is 9.98. The van der Waals surface area contributed by atoms with Gasteiger partial charge in [0.05, 0.1) is 52.6 Å². The third-order valence-electron chi connectivity index (χ3n) is 9.98. The number of amidine groups is 2. The highest BCUT2D eigenvalue weighted by Crippen LogP contribution is 2.49. The van der Waals surface area contributed by atoms with Crippen LogP contribution in [0.1, 0.15) is 96.9 Å². The van der Waals surface area contributed by atoms with Crippen LogP contribution in [0, 0.1) is 21.7 Å². The maximum Gasteiger partial charge on any atom is 0.361 e. The number of ether oxygens (including phenoxy) is 7. The van der Waals surface area contributed by atoms with Gasteiger partial charge in [0, 0.05) is 13.1 Å². The summed E-state index contributed by atoms with van der Waals surface area (Å²) in [6.45, 7) is 21.9. The Morgan fingerprint density at radius 3 is 1.17 bits per heavy atom. The highest BCUT2D eigenvalue weighted by Gasteiger charge is 2.38. The third kappa shape index (κ3) is 24.3. The molecular formula is C46H76N10O20P2. The van der Waals surface area contributed by atoms with E-state index in [0.29, 0.717) is 30.8 Å². The molecule has 32 heteroatoms.